The summed E-state index contributed by atoms with van der Waals surface area (Å²) in [5.41, 5.74) is 0. The summed E-state index contributed by atoms with van der Waals surface area (Å²) in [6.07, 6.45) is 1.23. The second-order valence-electron chi connectivity index (χ2n) is 6.76. The number of hydrogen-bond donors (Lipinski definition) is 1. The van der Waals surface area contributed by atoms with Crippen molar-refractivity contribution in [2.24, 2.45) is 0 Å². The van der Waals surface area contributed by atoms with E-state index in [2.05, 4.69) is 19.7 Å². The lowest BCUT2D eigenvalue weighted by Crippen LogP contribution is -2.37. The highest BCUT2D eigenvalue weighted by Crippen LogP contribution is 2.39. The van der Waals surface area contributed by atoms with E-state index in [-0.39, 0.29) is 27.7 Å². The summed E-state index contributed by atoms with van der Waals surface area (Å²) in [7, 11) is -2.66. The van der Waals surface area contributed by atoms with Crippen molar-refractivity contribution in [2.45, 2.75) is 5.03 Å². The first-order chi connectivity index (χ1) is 15.9. The number of pyridine rings is 1. The van der Waals surface area contributed by atoms with Crippen LogP contribution in [0.25, 0.3) is 0 Å². The lowest BCUT2D eigenvalue weighted by atomic mass is 10.3. The standard InChI is InChI=1S/C20H19Cl2N5O5S/c1-30-14-4-2-3-5-15(14)32-17-18(22)24-20(27-8-10-31-11-9-27)25-19(17)26-33(28,29)16-7-6-13(21)12-23-16/h2-7,12H,8-11H2,1H3,(H,24,25,26). The number of para-hydroxylation sites is 2. The number of morpholine rings is 1. The molecule has 0 atom stereocenters. The highest BCUT2D eigenvalue weighted by Gasteiger charge is 2.26. The average molecular weight is 512 g/mol. The highest BCUT2D eigenvalue weighted by molar-refractivity contribution is 7.92. The highest BCUT2D eigenvalue weighted by atomic mass is 35.5. The summed E-state index contributed by atoms with van der Waals surface area (Å²) in [5, 5.41) is -0.0363. The van der Waals surface area contributed by atoms with Crippen LogP contribution in [0, 0.1) is 0 Å². The fraction of sp³-hybridized carbons (Fsp3) is 0.250. The number of benzene rings is 1. The number of ether oxygens (including phenoxy) is 3. The zero-order chi connectivity index (χ0) is 23.4. The van der Waals surface area contributed by atoms with E-state index in [9.17, 15) is 8.42 Å². The third-order valence-electron chi connectivity index (χ3n) is 4.59. The van der Waals surface area contributed by atoms with Crippen LogP contribution in [0.1, 0.15) is 0 Å². The number of rotatable bonds is 7. The van der Waals surface area contributed by atoms with Crippen LogP contribution in [0.2, 0.25) is 10.2 Å². The Morgan fingerprint density at radius 1 is 1.06 bits per heavy atom. The summed E-state index contributed by atoms with van der Waals surface area (Å²) in [6, 6.07) is 9.52. The number of sulfonamides is 1. The van der Waals surface area contributed by atoms with Gasteiger partial charge < -0.3 is 19.1 Å². The second-order valence-corrected chi connectivity index (χ2v) is 9.19. The topological polar surface area (TPSA) is 116 Å². The Morgan fingerprint density at radius 3 is 2.45 bits per heavy atom. The van der Waals surface area contributed by atoms with Crippen molar-refractivity contribution in [3.05, 3.63) is 52.8 Å². The molecule has 3 heterocycles. The minimum Gasteiger partial charge on any atom is -0.493 e. The predicted molar refractivity (Wildman–Crippen MR) is 123 cm³/mol. The lowest BCUT2D eigenvalue weighted by Gasteiger charge is -2.27. The van der Waals surface area contributed by atoms with Gasteiger partial charge in [-0.15, -0.1) is 0 Å². The van der Waals surface area contributed by atoms with E-state index >= 15 is 0 Å². The van der Waals surface area contributed by atoms with Gasteiger partial charge >= 0.3 is 0 Å². The van der Waals surface area contributed by atoms with E-state index in [1.165, 1.54) is 25.4 Å². The number of nitrogens with one attached hydrogen (secondary N) is 1. The van der Waals surface area contributed by atoms with Gasteiger partial charge in [-0.25, -0.2) is 4.98 Å². The van der Waals surface area contributed by atoms with Crippen molar-refractivity contribution >= 4 is 45.0 Å². The first-order valence-electron chi connectivity index (χ1n) is 9.73. The van der Waals surface area contributed by atoms with Gasteiger partial charge in [-0.3, -0.25) is 4.72 Å². The maximum atomic E-state index is 13.0. The largest absolute Gasteiger partial charge is 0.493 e. The van der Waals surface area contributed by atoms with E-state index in [0.29, 0.717) is 42.8 Å². The van der Waals surface area contributed by atoms with Crippen molar-refractivity contribution in [2.75, 3.05) is 43.0 Å². The predicted octanol–water partition coefficient (Wildman–Crippen LogP) is 3.62. The molecule has 0 spiro atoms. The zero-order valence-electron chi connectivity index (χ0n) is 17.4. The summed E-state index contributed by atoms with van der Waals surface area (Å²) < 4.78 is 45.0. The SMILES string of the molecule is COc1ccccc1Oc1c(Cl)nc(N2CCOCC2)nc1NS(=O)(=O)c1ccc(Cl)cn1. The van der Waals surface area contributed by atoms with Gasteiger partial charge in [0.2, 0.25) is 11.7 Å². The summed E-state index contributed by atoms with van der Waals surface area (Å²) >= 11 is 12.3. The number of aromatic nitrogens is 3. The van der Waals surface area contributed by atoms with Gasteiger partial charge in [0, 0.05) is 19.3 Å². The van der Waals surface area contributed by atoms with Crippen molar-refractivity contribution in [1.82, 2.24) is 15.0 Å². The van der Waals surface area contributed by atoms with E-state index in [1.807, 2.05) is 4.90 Å². The molecule has 13 heteroatoms. The molecule has 0 unspecified atom stereocenters. The molecule has 0 bridgehead atoms. The normalized spacial score (nSPS) is 14.1. The van der Waals surface area contributed by atoms with Crippen molar-refractivity contribution in [1.29, 1.82) is 0 Å². The number of hydrogen-bond acceptors (Lipinski definition) is 9. The fourth-order valence-electron chi connectivity index (χ4n) is 2.99. The first kappa shape index (κ1) is 23.3. The number of methoxy groups -OCH3 is 1. The molecule has 1 fully saturated rings. The molecule has 2 aromatic heterocycles. The van der Waals surface area contributed by atoms with Crippen molar-refractivity contribution in [3.8, 4) is 17.2 Å². The van der Waals surface area contributed by atoms with Gasteiger partial charge in [0.25, 0.3) is 10.0 Å². The van der Waals surface area contributed by atoms with Crippen LogP contribution < -0.4 is 19.1 Å². The lowest BCUT2D eigenvalue weighted by molar-refractivity contribution is 0.122. The molecule has 1 N–H and O–H groups in total. The molecule has 4 rings (SSSR count). The van der Waals surface area contributed by atoms with Gasteiger partial charge in [0.1, 0.15) is 0 Å². The Kier molecular flexibility index (Phi) is 7.03. The molecular formula is C20H19Cl2N5O5S. The maximum Gasteiger partial charge on any atom is 0.280 e. The molecule has 0 saturated carbocycles. The van der Waals surface area contributed by atoms with Crippen LogP contribution in [-0.4, -0.2) is 56.8 Å². The molecule has 0 amide bonds. The van der Waals surface area contributed by atoms with E-state index < -0.39 is 10.0 Å². The average Bonchev–Trinajstić information content (AvgIpc) is 2.82. The fourth-order valence-corrected chi connectivity index (χ4v) is 4.24. The zero-order valence-corrected chi connectivity index (χ0v) is 19.7. The Labute approximate surface area is 200 Å². The van der Waals surface area contributed by atoms with Gasteiger partial charge in [-0.05, 0) is 24.3 Å². The minimum atomic E-state index is -4.15. The monoisotopic (exact) mass is 511 g/mol. The number of halogens is 2. The molecule has 33 heavy (non-hydrogen) atoms. The van der Waals surface area contributed by atoms with E-state index in [4.69, 9.17) is 37.4 Å². The molecule has 1 aromatic carbocycles. The number of nitrogens with zero attached hydrogens (tertiary/aromatic N) is 4. The van der Waals surface area contributed by atoms with E-state index in [0.717, 1.165) is 0 Å². The van der Waals surface area contributed by atoms with Crippen LogP contribution in [0.3, 0.4) is 0 Å². The summed E-state index contributed by atoms with van der Waals surface area (Å²) in [6.45, 7) is 2.01. The minimum absolute atomic E-state index is 0.0841. The Bertz CT molecular complexity index is 1240. The molecule has 0 radical (unpaired) electrons. The third-order valence-corrected chi connectivity index (χ3v) is 6.33. The van der Waals surface area contributed by atoms with Crippen LogP contribution in [0.5, 0.6) is 17.2 Å². The number of anilines is 2. The molecule has 174 valence electrons. The van der Waals surface area contributed by atoms with Gasteiger partial charge in [0.15, 0.2) is 27.5 Å². The smallest absolute Gasteiger partial charge is 0.280 e. The van der Waals surface area contributed by atoms with E-state index in [1.54, 1.807) is 24.3 Å². The molecule has 10 nitrogen and oxygen atoms in total. The summed E-state index contributed by atoms with van der Waals surface area (Å²) in [5.74, 6) is 0.709. The second kappa shape index (κ2) is 9.96. The first-order valence-corrected chi connectivity index (χ1v) is 12.0. The maximum absolute atomic E-state index is 13.0. The van der Waals surface area contributed by atoms with Crippen LogP contribution in [-0.2, 0) is 14.8 Å². The Morgan fingerprint density at radius 2 is 1.79 bits per heavy atom. The van der Waals surface area contributed by atoms with Crippen molar-refractivity contribution < 1.29 is 22.6 Å². The summed E-state index contributed by atoms with van der Waals surface area (Å²) in [4.78, 5) is 14.4. The van der Waals surface area contributed by atoms with Gasteiger partial charge in [-0.1, -0.05) is 35.3 Å². The van der Waals surface area contributed by atoms with Crippen LogP contribution in [0.15, 0.2) is 47.6 Å². The van der Waals surface area contributed by atoms with Crippen LogP contribution >= 0.6 is 23.2 Å². The van der Waals surface area contributed by atoms with Gasteiger partial charge in [-0.2, -0.15) is 18.4 Å². The molecule has 1 saturated heterocycles. The quantitative estimate of drug-likeness (QED) is 0.474. The Hall–Kier alpha value is -2.86. The molecule has 1 aliphatic rings. The molecule has 3 aromatic rings. The molecule has 0 aliphatic carbocycles. The molecule has 1 aliphatic heterocycles. The van der Waals surface area contributed by atoms with Crippen molar-refractivity contribution in [3.63, 3.8) is 0 Å². The Balaban J connectivity index is 1.77. The van der Waals surface area contributed by atoms with Crippen LogP contribution in [0.4, 0.5) is 11.8 Å². The third kappa shape index (κ3) is 5.38. The molecular weight excluding hydrogens is 493 g/mol. The van der Waals surface area contributed by atoms with Gasteiger partial charge in [0.05, 0.1) is 25.3 Å².